The summed E-state index contributed by atoms with van der Waals surface area (Å²) in [7, 11) is 0. The van der Waals surface area contributed by atoms with Gasteiger partial charge in [0.2, 0.25) is 0 Å². The van der Waals surface area contributed by atoms with Crippen LogP contribution >= 0.6 is 11.3 Å². The van der Waals surface area contributed by atoms with Crippen molar-refractivity contribution >= 4 is 22.9 Å². The van der Waals surface area contributed by atoms with E-state index in [0.717, 1.165) is 17.0 Å². The van der Waals surface area contributed by atoms with Crippen LogP contribution in [0.4, 0.5) is 14.5 Å². The van der Waals surface area contributed by atoms with Crippen LogP contribution in [0.25, 0.3) is 0 Å². The lowest BCUT2D eigenvalue weighted by Gasteiger charge is -2.09. The van der Waals surface area contributed by atoms with Crippen LogP contribution in [-0.4, -0.2) is 17.4 Å². The molecule has 2 rings (SSSR count). The molecule has 0 bridgehead atoms. The molecule has 0 unspecified atom stereocenters. The first-order chi connectivity index (χ1) is 9.61. The number of hydrogen-bond donors (Lipinski definition) is 2. The third-order valence-corrected chi connectivity index (χ3v) is 3.34. The topological polar surface area (TPSA) is 54.0 Å². The molecule has 2 N–H and O–H groups in total. The van der Waals surface area contributed by atoms with Crippen molar-refractivity contribution in [2.75, 3.05) is 11.9 Å². The fraction of sp³-hybridized carbons (Fsp3) is 0.231. The molecular weight excluding hydrogens is 284 g/mol. The molecule has 0 saturated heterocycles. The van der Waals surface area contributed by atoms with Crippen LogP contribution in [0.1, 0.15) is 22.2 Å². The molecule has 1 amide bonds. The Bertz CT molecular complexity index is 579. The van der Waals surface area contributed by atoms with Crippen LogP contribution in [-0.2, 0) is 6.54 Å². The van der Waals surface area contributed by atoms with Crippen molar-refractivity contribution in [2.24, 2.45) is 0 Å². The van der Waals surface area contributed by atoms with E-state index in [4.69, 9.17) is 0 Å². The Morgan fingerprint density at radius 1 is 1.35 bits per heavy atom. The van der Waals surface area contributed by atoms with Crippen LogP contribution < -0.4 is 10.6 Å². The Morgan fingerprint density at radius 2 is 2.05 bits per heavy atom. The van der Waals surface area contributed by atoms with Gasteiger partial charge in [-0.15, -0.1) is 11.3 Å². The maximum atomic E-state index is 13.7. The van der Waals surface area contributed by atoms with Crippen molar-refractivity contribution in [3.63, 3.8) is 0 Å². The molecule has 0 aliphatic carbocycles. The average Bonchev–Trinajstić information content (AvgIpc) is 2.93. The quantitative estimate of drug-likeness (QED) is 0.892. The van der Waals surface area contributed by atoms with Gasteiger partial charge in [0.05, 0.1) is 12.1 Å². The lowest BCUT2D eigenvalue weighted by Crippen LogP contribution is -2.23. The second kappa shape index (κ2) is 6.42. The largest absolute Gasteiger partial charge is 0.381 e. The van der Waals surface area contributed by atoms with E-state index in [1.165, 1.54) is 11.3 Å². The normalized spacial score (nSPS) is 10.3. The molecule has 106 valence electrons. The molecule has 0 aliphatic rings. The van der Waals surface area contributed by atoms with Crippen molar-refractivity contribution in [1.82, 2.24) is 10.3 Å². The standard InChI is InChI=1S/C13H13F2N3OS/c1-2-17-12-10(14)3-8(4-11(12)15)13(19)18-6-9-5-16-7-20-9/h3-5,7,17H,2,6H2,1H3,(H,18,19). The summed E-state index contributed by atoms with van der Waals surface area (Å²) in [5, 5.41) is 5.16. The van der Waals surface area contributed by atoms with Gasteiger partial charge in [0.15, 0.2) is 0 Å². The van der Waals surface area contributed by atoms with Gasteiger partial charge < -0.3 is 10.6 Å². The Labute approximate surface area is 118 Å². The lowest BCUT2D eigenvalue weighted by atomic mass is 10.1. The SMILES string of the molecule is CCNc1c(F)cc(C(=O)NCc2cncs2)cc1F. The number of nitrogens with zero attached hydrogens (tertiary/aromatic N) is 1. The van der Waals surface area contributed by atoms with E-state index in [1.54, 1.807) is 18.6 Å². The number of aromatic nitrogens is 1. The van der Waals surface area contributed by atoms with Crippen molar-refractivity contribution in [3.05, 3.63) is 45.9 Å². The zero-order chi connectivity index (χ0) is 14.5. The van der Waals surface area contributed by atoms with Gasteiger partial charge in [0.25, 0.3) is 5.91 Å². The highest BCUT2D eigenvalue weighted by atomic mass is 32.1. The fourth-order valence-electron chi connectivity index (χ4n) is 1.65. The number of benzene rings is 1. The monoisotopic (exact) mass is 297 g/mol. The summed E-state index contributed by atoms with van der Waals surface area (Å²) in [6, 6.07) is 2.03. The Balaban J connectivity index is 2.10. The molecule has 1 aromatic heterocycles. The van der Waals surface area contributed by atoms with Gasteiger partial charge in [-0.2, -0.15) is 0 Å². The predicted molar refractivity (Wildman–Crippen MR) is 73.8 cm³/mol. The van der Waals surface area contributed by atoms with E-state index >= 15 is 0 Å². The van der Waals surface area contributed by atoms with E-state index < -0.39 is 17.5 Å². The summed E-state index contributed by atoms with van der Waals surface area (Å²) in [6.07, 6.45) is 1.63. The molecule has 0 fully saturated rings. The van der Waals surface area contributed by atoms with Crippen LogP contribution in [0.15, 0.2) is 23.8 Å². The molecule has 0 spiro atoms. The first-order valence-electron chi connectivity index (χ1n) is 6.00. The van der Waals surface area contributed by atoms with E-state index in [0.29, 0.717) is 6.54 Å². The van der Waals surface area contributed by atoms with Crippen LogP contribution in [0.2, 0.25) is 0 Å². The van der Waals surface area contributed by atoms with E-state index in [1.807, 2.05) is 0 Å². The number of anilines is 1. The summed E-state index contributed by atoms with van der Waals surface area (Å²) in [6.45, 7) is 2.40. The lowest BCUT2D eigenvalue weighted by molar-refractivity contribution is 0.0950. The number of carbonyl (C=O) groups is 1. The zero-order valence-corrected chi connectivity index (χ0v) is 11.6. The number of rotatable bonds is 5. The highest BCUT2D eigenvalue weighted by molar-refractivity contribution is 7.09. The molecule has 0 aliphatic heterocycles. The predicted octanol–water partition coefficient (Wildman–Crippen LogP) is 2.78. The van der Waals surface area contributed by atoms with E-state index in [-0.39, 0.29) is 17.8 Å². The second-order valence-electron chi connectivity index (χ2n) is 4.00. The van der Waals surface area contributed by atoms with Crippen molar-refractivity contribution in [2.45, 2.75) is 13.5 Å². The number of thiazole rings is 1. The molecule has 0 radical (unpaired) electrons. The number of hydrogen-bond acceptors (Lipinski definition) is 4. The fourth-order valence-corrected chi connectivity index (χ4v) is 2.18. The second-order valence-corrected chi connectivity index (χ2v) is 4.97. The molecule has 1 aromatic carbocycles. The first kappa shape index (κ1) is 14.4. The van der Waals surface area contributed by atoms with Gasteiger partial charge in [-0.1, -0.05) is 0 Å². The zero-order valence-electron chi connectivity index (χ0n) is 10.7. The average molecular weight is 297 g/mol. The molecule has 0 saturated carbocycles. The maximum absolute atomic E-state index is 13.7. The Kier molecular flexibility index (Phi) is 4.62. The first-order valence-corrected chi connectivity index (χ1v) is 6.88. The smallest absolute Gasteiger partial charge is 0.251 e. The molecule has 2 aromatic rings. The van der Waals surface area contributed by atoms with E-state index in [9.17, 15) is 13.6 Å². The van der Waals surface area contributed by atoms with Crippen LogP contribution in [0.3, 0.4) is 0 Å². The Hall–Kier alpha value is -2.02. The summed E-state index contributed by atoms with van der Waals surface area (Å²) >= 11 is 1.39. The van der Waals surface area contributed by atoms with E-state index in [2.05, 4.69) is 15.6 Å². The third kappa shape index (κ3) is 3.30. The maximum Gasteiger partial charge on any atom is 0.251 e. The summed E-state index contributed by atoms with van der Waals surface area (Å²) in [4.78, 5) is 16.6. The molecule has 1 heterocycles. The van der Waals surface area contributed by atoms with Crippen molar-refractivity contribution in [1.29, 1.82) is 0 Å². The highest BCUT2D eigenvalue weighted by Crippen LogP contribution is 2.20. The van der Waals surface area contributed by atoms with Crippen LogP contribution in [0, 0.1) is 11.6 Å². The highest BCUT2D eigenvalue weighted by Gasteiger charge is 2.14. The van der Waals surface area contributed by atoms with Gasteiger partial charge >= 0.3 is 0 Å². The summed E-state index contributed by atoms with van der Waals surface area (Å²) < 4.78 is 27.4. The van der Waals surface area contributed by atoms with Gasteiger partial charge in [0.1, 0.15) is 17.3 Å². The minimum absolute atomic E-state index is 0.0498. The van der Waals surface area contributed by atoms with Crippen molar-refractivity contribution < 1.29 is 13.6 Å². The molecule has 4 nitrogen and oxygen atoms in total. The number of nitrogens with one attached hydrogen (secondary N) is 2. The summed E-state index contributed by atoms with van der Waals surface area (Å²) in [5.74, 6) is -2.09. The number of amides is 1. The summed E-state index contributed by atoms with van der Waals surface area (Å²) in [5.41, 5.74) is 1.38. The van der Waals surface area contributed by atoms with Crippen LogP contribution in [0.5, 0.6) is 0 Å². The van der Waals surface area contributed by atoms with Gasteiger partial charge in [-0.25, -0.2) is 8.78 Å². The third-order valence-electron chi connectivity index (χ3n) is 2.56. The van der Waals surface area contributed by atoms with Gasteiger partial charge in [-0.05, 0) is 19.1 Å². The molecule has 0 atom stereocenters. The van der Waals surface area contributed by atoms with Crippen molar-refractivity contribution in [3.8, 4) is 0 Å². The Morgan fingerprint density at radius 3 is 2.60 bits per heavy atom. The minimum Gasteiger partial charge on any atom is -0.381 e. The molecule has 7 heteroatoms. The minimum atomic E-state index is -0.783. The van der Waals surface area contributed by atoms with Gasteiger partial charge in [0, 0.05) is 23.2 Å². The molecular formula is C13H13F2N3OS. The van der Waals surface area contributed by atoms with Gasteiger partial charge in [-0.3, -0.25) is 9.78 Å². The molecule has 20 heavy (non-hydrogen) atoms. The number of halogens is 2. The number of carbonyl (C=O) groups excluding carboxylic acids is 1.